The lowest BCUT2D eigenvalue weighted by Crippen LogP contribution is -2.44. The smallest absolute Gasteiger partial charge is 0.298 e. The first kappa shape index (κ1) is 26.9. The maximum absolute atomic E-state index is 13.1. The standard InChI is InChI=1S/C24H30ClN7O4/c1-6-36-22-17(11-16(25)13-28-22)21(34)29-14-24(3,4)12-19(33)31(26)20-15(2)30(5)32(23(20)35)18-9-7-8-10-27-18/h7-11,13H,6,12,14,26H2,1-5H3,(H,29,34). The van der Waals surface area contributed by atoms with E-state index in [-0.39, 0.29) is 30.1 Å². The number of anilines is 1. The molecule has 0 unspecified atom stereocenters. The fourth-order valence-corrected chi connectivity index (χ4v) is 3.80. The van der Waals surface area contributed by atoms with Crippen molar-refractivity contribution < 1.29 is 14.3 Å². The minimum Gasteiger partial charge on any atom is -0.477 e. The summed E-state index contributed by atoms with van der Waals surface area (Å²) in [7, 11) is 1.69. The summed E-state index contributed by atoms with van der Waals surface area (Å²) in [5, 5.41) is 3.97. The molecule has 3 rings (SSSR count). The van der Waals surface area contributed by atoms with E-state index in [1.165, 1.54) is 16.9 Å². The quantitative estimate of drug-likeness (QED) is 0.253. The molecule has 0 aromatic carbocycles. The third kappa shape index (κ3) is 5.74. The number of hydrazine groups is 1. The molecule has 0 aliphatic rings. The highest BCUT2D eigenvalue weighted by Crippen LogP contribution is 2.24. The molecule has 3 aromatic rings. The van der Waals surface area contributed by atoms with E-state index >= 15 is 0 Å². The Hall–Kier alpha value is -3.70. The van der Waals surface area contributed by atoms with E-state index in [1.807, 2.05) is 13.8 Å². The van der Waals surface area contributed by atoms with E-state index in [9.17, 15) is 14.4 Å². The van der Waals surface area contributed by atoms with Gasteiger partial charge in [0.1, 0.15) is 11.3 Å². The topological polar surface area (TPSA) is 137 Å². The van der Waals surface area contributed by atoms with Gasteiger partial charge in [0.15, 0.2) is 5.82 Å². The summed E-state index contributed by atoms with van der Waals surface area (Å²) in [6.45, 7) is 7.58. The number of nitrogens with zero attached hydrogens (tertiary/aromatic N) is 5. The van der Waals surface area contributed by atoms with Crippen molar-refractivity contribution in [1.29, 1.82) is 0 Å². The molecule has 192 valence electrons. The predicted octanol–water partition coefficient (Wildman–Crippen LogP) is 2.38. The molecule has 0 saturated carbocycles. The van der Waals surface area contributed by atoms with Crippen LogP contribution in [0.25, 0.3) is 5.82 Å². The van der Waals surface area contributed by atoms with E-state index in [2.05, 4.69) is 15.3 Å². The first-order valence-corrected chi connectivity index (χ1v) is 11.7. The van der Waals surface area contributed by atoms with Crippen molar-refractivity contribution in [3.63, 3.8) is 0 Å². The van der Waals surface area contributed by atoms with Gasteiger partial charge in [-0.15, -0.1) is 0 Å². The number of amides is 2. The summed E-state index contributed by atoms with van der Waals surface area (Å²) in [5.41, 5.74) is -0.400. The summed E-state index contributed by atoms with van der Waals surface area (Å²) < 4.78 is 8.35. The van der Waals surface area contributed by atoms with Crippen LogP contribution in [0.1, 0.15) is 43.2 Å². The zero-order chi connectivity index (χ0) is 26.6. The number of nitrogens with two attached hydrogens (primary N) is 1. The van der Waals surface area contributed by atoms with Gasteiger partial charge in [-0.1, -0.05) is 31.5 Å². The highest BCUT2D eigenvalue weighted by molar-refractivity contribution is 6.30. The van der Waals surface area contributed by atoms with E-state index in [0.717, 1.165) is 5.01 Å². The van der Waals surface area contributed by atoms with E-state index in [1.54, 1.807) is 50.0 Å². The minimum absolute atomic E-state index is 0.0345. The van der Waals surface area contributed by atoms with Gasteiger partial charge in [-0.3, -0.25) is 19.1 Å². The molecule has 12 heteroatoms. The summed E-state index contributed by atoms with van der Waals surface area (Å²) in [4.78, 5) is 47.3. The van der Waals surface area contributed by atoms with Gasteiger partial charge in [-0.25, -0.2) is 20.8 Å². The van der Waals surface area contributed by atoms with Crippen molar-refractivity contribution in [2.75, 3.05) is 18.2 Å². The highest BCUT2D eigenvalue weighted by Gasteiger charge is 2.30. The number of ether oxygens (including phenoxy) is 1. The number of hydrogen-bond acceptors (Lipinski definition) is 7. The second kappa shape index (κ2) is 10.9. The van der Waals surface area contributed by atoms with Crippen LogP contribution < -0.4 is 26.5 Å². The van der Waals surface area contributed by atoms with E-state index < -0.39 is 22.8 Å². The first-order chi connectivity index (χ1) is 17.0. The Kier molecular flexibility index (Phi) is 8.16. The summed E-state index contributed by atoms with van der Waals surface area (Å²) in [5.74, 6) is 5.80. The largest absolute Gasteiger partial charge is 0.477 e. The van der Waals surface area contributed by atoms with Gasteiger partial charge in [-0.05, 0) is 37.5 Å². The number of hydrogen-bond donors (Lipinski definition) is 2. The van der Waals surface area contributed by atoms with Crippen LogP contribution in [0.4, 0.5) is 5.69 Å². The number of halogens is 1. The highest BCUT2D eigenvalue weighted by atomic mass is 35.5. The Labute approximate surface area is 213 Å². The number of carbonyl (C=O) groups is 2. The average molecular weight is 516 g/mol. The maximum Gasteiger partial charge on any atom is 0.298 e. The Morgan fingerprint density at radius 3 is 2.64 bits per heavy atom. The molecule has 0 radical (unpaired) electrons. The van der Waals surface area contributed by atoms with Gasteiger partial charge in [0.05, 0.1) is 17.3 Å². The number of rotatable bonds is 9. The van der Waals surface area contributed by atoms with Crippen LogP contribution in [0.15, 0.2) is 41.5 Å². The second-order valence-corrected chi connectivity index (χ2v) is 9.43. The zero-order valence-corrected chi connectivity index (χ0v) is 21.7. The van der Waals surface area contributed by atoms with Gasteiger partial charge >= 0.3 is 0 Å². The van der Waals surface area contributed by atoms with Crippen LogP contribution in [0.3, 0.4) is 0 Å². The van der Waals surface area contributed by atoms with Crippen molar-refractivity contribution in [2.45, 2.75) is 34.1 Å². The molecule has 3 heterocycles. The Balaban J connectivity index is 1.74. The molecule has 0 saturated heterocycles. The van der Waals surface area contributed by atoms with Crippen LogP contribution in [-0.4, -0.2) is 44.3 Å². The lowest BCUT2D eigenvalue weighted by molar-refractivity contribution is -0.120. The molecular weight excluding hydrogens is 486 g/mol. The predicted molar refractivity (Wildman–Crippen MR) is 136 cm³/mol. The van der Waals surface area contributed by atoms with Crippen LogP contribution in [0, 0.1) is 12.3 Å². The molecule has 3 aromatic heterocycles. The summed E-state index contributed by atoms with van der Waals surface area (Å²) >= 11 is 6.00. The molecule has 11 nitrogen and oxygen atoms in total. The molecule has 0 aliphatic carbocycles. The normalized spacial score (nSPS) is 11.3. The van der Waals surface area contributed by atoms with Gasteiger partial charge in [0, 0.05) is 32.4 Å². The Bertz CT molecular complexity index is 1320. The molecule has 0 atom stereocenters. The van der Waals surface area contributed by atoms with Crippen LogP contribution in [0.5, 0.6) is 5.88 Å². The lowest BCUT2D eigenvalue weighted by Gasteiger charge is -2.26. The molecular formula is C24H30ClN7O4. The zero-order valence-electron chi connectivity index (χ0n) is 20.9. The molecule has 0 spiro atoms. The van der Waals surface area contributed by atoms with Crippen molar-refractivity contribution in [3.05, 3.63) is 63.3 Å². The molecule has 0 fully saturated rings. The molecule has 0 aliphatic heterocycles. The van der Waals surface area contributed by atoms with Crippen LogP contribution >= 0.6 is 11.6 Å². The summed E-state index contributed by atoms with van der Waals surface area (Å²) in [6, 6.07) is 6.66. The fraction of sp³-hybridized carbons (Fsp3) is 0.375. The van der Waals surface area contributed by atoms with Crippen molar-refractivity contribution >= 4 is 29.1 Å². The lowest BCUT2D eigenvalue weighted by atomic mass is 9.88. The van der Waals surface area contributed by atoms with Crippen LogP contribution in [0.2, 0.25) is 5.02 Å². The van der Waals surface area contributed by atoms with Gasteiger partial charge in [0.2, 0.25) is 11.8 Å². The Morgan fingerprint density at radius 1 is 1.28 bits per heavy atom. The van der Waals surface area contributed by atoms with Crippen LogP contribution in [-0.2, 0) is 11.8 Å². The van der Waals surface area contributed by atoms with Crippen molar-refractivity contribution in [3.8, 4) is 11.7 Å². The van der Waals surface area contributed by atoms with E-state index in [0.29, 0.717) is 23.1 Å². The Morgan fingerprint density at radius 2 is 2.00 bits per heavy atom. The van der Waals surface area contributed by atoms with E-state index in [4.69, 9.17) is 22.2 Å². The van der Waals surface area contributed by atoms with Gasteiger partial charge in [0.25, 0.3) is 11.5 Å². The fourth-order valence-electron chi connectivity index (χ4n) is 3.65. The first-order valence-electron chi connectivity index (χ1n) is 11.3. The van der Waals surface area contributed by atoms with Gasteiger partial charge in [-0.2, -0.15) is 4.68 Å². The van der Waals surface area contributed by atoms with Crippen molar-refractivity contribution in [2.24, 2.45) is 18.3 Å². The number of aromatic nitrogens is 4. The molecule has 0 bridgehead atoms. The maximum atomic E-state index is 13.1. The SMILES string of the molecule is CCOc1ncc(Cl)cc1C(=O)NCC(C)(C)CC(=O)N(N)c1c(C)n(C)n(-c2ccccn2)c1=O. The number of pyridine rings is 2. The average Bonchev–Trinajstić information content (AvgIpc) is 3.06. The summed E-state index contributed by atoms with van der Waals surface area (Å²) in [6.07, 6.45) is 2.94. The number of carbonyl (C=O) groups excluding carboxylic acids is 2. The number of nitrogens with one attached hydrogen (secondary N) is 1. The molecule has 2 amide bonds. The second-order valence-electron chi connectivity index (χ2n) is 8.99. The third-order valence-corrected chi connectivity index (χ3v) is 5.81. The third-order valence-electron chi connectivity index (χ3n) is 5.60. The molecule has 36 heavy (non-hydrogen) atoms. The van der Waals surface area contributed by atoms with Gasteiger partial charge < -0.3 is 10.1 Å². The monoisotopic (exact) mass is 515 g/mol. The van der Waals surface area contributed by atoms with Crippen molar-refractivity contribution in [1.82, 2.24) is 24.6 Å². The minimum atomic E-state index is -0.690. The molecule has 3 N–H and O–H groups in total.